The molecule has 2 saturated heterocycles. The highest BCUT2D eigenvalue weighted by Gasteiger charge is 2.52. The van der Waals surface area contributed by atoms with Crippen LogP contribution in [0.5, 0.6) is 0 Å². The zero-order chi connectivity index (χ0) is 17.5. The van der Waals surface area contributed by atoms with Crippen molar-refractivity contribution in [2.75, 3.05) is 0 Å². The van der Waals surface area contributed by atoms with Gasteiger partial charge in [0.2, 0.25) is 0 Å². The maximum Gasteiger partial charge on any atom is 0.334 e. The minimum Gasteiger partial charge on any atom is -0.456 e. The number of carbonyl (C=O) groups excluding carboxylic acids is 1. The molecule has 3 aliphatic rings. The Hall–Kier alpha value is -1.13. The van der Waals surface area contributed by atoms with E-state index in [-0.39, 0.29) is 17.5 Å². The van der Waals surface area contributed by atoms with Crippen LogP contribution < -0.4 is 0 Å². The molecule has 4 nitrogen and oxygen atoms in total. The summed E-state index contributed by atoms with van der Waals surface area (Å²) in [7, 11) is 0. The molecule has 0 aromatic carbocycles. The second-order valence-corrected chi connectivity index (χ2v) is 8.29. The second kappa shape index (κ2) is 6.30. The van der Waals surface area contributed by atoms with Crippen molar-refractivity contribution >= 4 is 5.97 Å². The monoisotopic (exact) mass is 334 g/mol. The predicted octanol–water partition coefficient (Wildman–Crippen LogP) is 3.68. The molecule has 0 spiro atoms. The van der Waals surface area contributed by atoms with Gasteiger partial charge in [0.25, 0.3) is 0 Å². The lowest BCUT2D eigenvalue weighted by Crippen LogP contribution is -2.47. The van der Waals surface area contributed by atoms with Crippen molar-refractivity contribution in [3.05, 3.63) is 23.8 Å². The number of esters is 1. The lowest BCUT2D eigenvalue weighted by atomic mass is 9.79. The third-order valence-electron chi connectivity index (χ3n) is 6.17. The van der Waals surface area contributed by atoms with E-state index in [1.54, 1.807) is 6.92 Å². The van der Waals surface area contributed by atoms with Gasteiger partial charge in [-0.3, -0.25) is 0 Å². The van der Waals surface area contributed by atoms with Crippen LogP contribution in [0.1, 0.15) is 65.7 Å². The summed E-state index contributed by atoms with van der Waals surface area (Å²) < 4.78 is 11.4. The highest BCUT2D eigenvalue weighted by atomic mass is 16.6. The van der Waals surface area contributed by atoms with E-state index in [9.17, 15) is 9.90 Å². The summed E-state index contributed by atoms with van der Waals surface area (Å²) >= 11 is 0. The first kappa shape index (κ1) is 17.7. The minimum absolute atomic E-state index is 0.0654. The normalized spacial score (nSPS) is 46.2. The molecule has 0 aromatic heterocycles. The standard InChI is InChI=1S/C20H30O4/c1-13-6-5-10-19(3,22)17-12-15(14(2)18(21)23-17)9-11-20(4)16(24-20)8-7-13/h6,15-17,22H,2,5,7-12H2,1,3-4H3/b13-6+/t15-,16-,17-,19+,20+/m1/s1. The summed E-state index contributed by atoms with van der Waals surface area (Å²) in [5, 5.41) is 10.8. The summed E-state index contributed by atoms with van der Waals surface area (Å²) in [5.41, 5.74) is 0.820. The largest absolute Gasteiger partial charge is 0.456 e. The first-order chi connectivity index (χ1) is 11.2. The highest BCUT2D eigenvalue weighted by molar-refractivity contribution is 5.89. The Morgan fingerprint density at radius 2 is 2.00 bits per heavy atom. The number of hydrogen-bond acceptors (Lipinski definition) is 4. The summed E-state index contributed by atoms with van der Waals surface area (Å²) in [6.07, 6.45) is 7.98. The van der Waals surface area contributed by atoms with E-state index in [4.69, 9.17) is 9.47 Å². The Bertz CT molecular complexity index is 562. The molecular formula is C20H30O4. The minimum atomic E-state index is -1.00. The molecule has 24 heavy (non-hydrogen) atoms. The van der Waals surface area contributed by atoms with Crippen LogP contribution >= 0.6 is 0 Å². The molecular weight excluding hydrogens is 304 g/mol. The van der Waals surface area contributed by atoms with Crippen LogP contribution in [0.3, 0.4) is 0 Å². The highest BCUT2D eigenvalue weighted by Crippen LogP contribution is 2.46. The molecule has 3 rings (SSSR count). The summed E-state index contributed by atoms with van der Waals surface area (Å²) in [4.78, 5) is 12.2. The molecule has 0 aromatic rings. The molecule has 4 heteroatoms. The van der Waals surface area contributed by atoms with Gasteiger partial charge in [0.05, 0.1) is 17.3 Å². The number of hydrogen-bond donors (Lipinski definition) is 1. The second-order valence-electron chi connectivity index (χ2n) is 8.29. The Balaban J connectivity index is 1.80. The van der Waals surface area contributed by atoms with E-state index >= 15 is 0 Å². The molecule has 5 atom stereocenters. The zero-order valence-electron chi connectivity index (χ0n) is 15.1. The van der Waals surface area contributed by atoms with Crippen molar-refractivity contribution in [3.8, 4) is 0 Å². The van der Waals surface area contributed by atoms with Crippen molar-refractivity contribution in [2.45, 2.75) is 89.1 Å². The average Bonchev–Trinajstić information content (AvgIpc) is 3.16. The molecule has 0 saturated carbocycles. The number of aliphatic hydroxyl groups is 1. The number of carbonyl (C=O) groups is 1. The zero-order valence-corrected chi connectivity index (χ0v) is 15.1. The molecule has 2 aliphatic heterocycles. The van der Waals surface area contributed by atoms with E-state index in [2.05, 4.69) is 26.5 Å². The van der Waals surface area contributed by atoms with Gasteiger partial charge >= 0.3 is 5.97 Å². The van der Waals surface area contributed by atoms with Gasteiger partial charge in [0.15, 0.2) is 0 Å². The van der Waals surface area contributed by atoms with Gasteiger partial charge in [0.1, 0.15) is 6.10 Å². The number of epoxide rings is 1. The fraction of sp³-hybridized carbons (Fsp3) is 0.750. The van der Waals surface area contributed by atoms with Gasteiger partial charge in [-0.05, 0) is 71.6 Å². The summed E-state index contributed by atoms with van der Waals surface area (Å²) in [6, 6.07) is 0. The van der Waals surface area contributed by atoms with E-state index < -0.39 is 11.7 Å². The first-order valence-corrected chi connectivity index (χ1v) is 9.17. The summed E-state index contributed by atoms with van der Waals surface area (Å²) in [5.74, 6) is -0.279. The third-order valence-corrected chi connectivity index (χ3v) is 6.17. The molecule has 0 amide bonds. The Labute approximate surface area is 144 Å². The van der Waals surface area contributed by atoms with Crippen molar-refractivity contribution in [3.63, 3.8) is 0 Å². The molecule has 1 aliphatic carbocycles. The number of rotatable bonds is 0. The van der Waals surface area contributed by atoms with Crippen molar-refractivity contribution in [1.29, 1.82) is 0 Å². The van der Waals surface area contributed by atoms with E-state index in [1.165, 1.54) is 5.57 Å². The summed E-state index contributed by atoms with van der Waals surface area (Å²) in [6.45, 7) is 10.0. The predicted molar refractivity (Wildman–Crippen MR) is 92.5 cm³/mol. The van der Waals surface area contributed by atoms with Gasteiger partial charge in [-0.25, -0.2) is 4.79 Å². The fourth-order valence-corrected chi connectivity index (χ4v) is 4.06. The molecule has 134 valence electrons. The van der Waals surface area contributed by atoms with E-state index in [0.717, 1.165) is 32.1 Å². The van der Waals surface area contributed by atoms with Crippen LogP contribution in [-0.2, 0) is 14.3 Å². The Kier molecular flexibility index (Phi) is 4.65. The van der Waals surface area contributed by atoms with Crippen LogP contribution in [0, 0.1) is 5.92 Å². The molecule has 2 bridgehead atoms. The molecule has 1 N–H and O–H groups in total. The number of ether oxygens (including phenoxy) is 2. The van der Waals surface area contributed by atoms with Gasteiger partial charge in [-0.15, -0.1) is 0 Å². The maximum atomic E-state index is 12.2. The smallest absolute Gasteiger partial charge is 0.334 e. The SMILES string of the molecule is C=C1C(=O)O[C@@H]2C[C@H]1CC[C@]1(C)O[C@@H]1CC/C(C)=C/CC[C@]2(C)O. The fourth-order valence-electron chi connectivity index (χ4n) is 4.06. The van der Waals surface area contributed by atoms with Crippen molar-refractivity contribution in [1.82, 2.24) is 0 Å². The van der Waals surface area contributed by atoms with E-state index in [0.29, 0.717) is 24.5 Å². The average molecular weight is 334 g/mol. The maximum absolute atomic E-state index is 12.2. The Morgan fingerprint density at radius 1 is 1.25 bits per heavy atom. The van der Waals surface area contributed by atoms with Crippen molar-refractivity contribution in [2.24, 2.45) is 5.92 Å². The van der Waals surface area contributed by atoms with Crippen LogP contribution in [0.2, 0.25) is 0 Å². The van der Waals surface area contributed by atoms with Gasteiger partial charge in [0, 0.05) is 5.57 Å². The molecule has 2 heterocycles. The van der Waals surface area contributed by atoms with Crippen molar-refractivity contribution < 1.29 is 19.4 Å². The molecule has 0 radical (unpaired) electrons. The molecule has 0 unspecified atom stereocenters. The number of fused-ring (bicyclic) bond motifs is 3. The lowest BCUT2D eigenvalue weighted by molar-refractivity contribution is -0.168. The quantitative estimate of drug-likeness (QED) is 0.318. The molecule has 2 fully saturated rings. The van der Waals surface area contributed by atoms with Gasteiger partial charge < -0.3 is 14.6 Å². The Morgan fingerprint density at radius 3 is 2.75 bits per heavy atom. The van der Waals surface area contributed by atoms with E-state index in [1.807, 2.05) is 0 Å². The van der Waals surface area contributed by atoms with Gasteiger partial charge in [-0.2, -0.15) is 0 Å². The van der Waals surface area contributed by atoms with Gasteiger partial charge in [-0.1, -0.05) is 18.2 Å². The van der Waals surface area contributed by atoms with Crippen LogP contribution in [0.25, 0.3) is 0 Å². The number of allylic oxidation sites excluding steroid dienone is 2. The van der Waals surface area contributed by atoms with Crippen LogP contribution in [0.4, 0.5) is 0 Å². The topological polar surface area (TPSA) is 59.1 Å². The van der Waals surface area contributed by atoms with Crippen LogP contribution in [-0.4, -0.2) is 34.5 Å². The van der Waals surface area contributed by atoms with Crippen LogP contribution in [0.15, 0.2) is 23.8 Å². The third kappa shape index (κ3) is 3.60. The lowest BCUT2D eigenvalue weighted by Gasteiger charge is -2.39. The first-order valence-electron chi connectivity index (χ1n) is 9.17.